The van der Waals surface area contributed by atoms with Crippen molar-refractivity contribution in [3.8, 4) is 0 Å². The number of H-pyrrole nitrogens is 1. The number of aromatic nitrogens is 2. The first-order chi connectivity index (χ1) is 6.77. The monoisotopic (exact) mass is 195 g/mol. The molecular weight excluding hydrogens is 178 g/mol. The number of aromatic amines is 1. The average Bonchev–Trinajstić information content (AvgIpc) is 2.21. The number of rotatable bonds is 5. The SMILES string of the molecule is CCCCN(CC)c1ccc(=O)[nH]n1. The van der Waals surface area contributed by atoms with Crippen LogP contribution in [0, 0.1) is 0 Å². The fraction of sp³-hybridized carbons (Fsp3) is 0.600. The molecule has 0 aliphatic heterocycles. The zero-order valence-corrected chi connectivity index (χ0v) is 8.79. The summed E-state index contributed by atoms with van der Waals surface area (Å²) in [5.74, 6) is 0.848. The molecule has 1 rings (SSSR count). The van der Waals surface area contributed by atoms with Gasteiger partial charge in [-0.1, -0.05) is 13.3 Å². The number of hydrogen-bond donors (Lipinski definition) is 1. The number of nitrogens with one attached hydrogen (secondary N) is 1. The molecule has 0 aliphatic rings. The van der Waals surface area contributed by atoms with Gasteiger partial charge in [0.15, 0.2) is 0 Å². The van der Waals surface area contributed by atoms with Crippen LogP contribution in [0.4, 0.5) is 5.82 Å². The molecule has 0 saturated heterocycles. The lowest BCUT2D eigenvalue weighted by atomic mass is 10.3. The van der Waals surface area contributed by atoms with Gasteiger partial charge in [0.1, 0.15) is 5.82 Å². The van der Waals surface area contributed by atoms with Gasteiger partial charge < -0.3 is 4.90 Å². The molecule has 1 heterocycles. The maximum atomic E-state index is 10.8. The Hall–Kier alpha value is -1.32. The van der Waals surface area contributed by atoms with E-state index < -0.39 is 0 Å². The molecule has 0 saturated carbocycles. The van der Waals surface area contributed by atoms with E-state index in [-0.39, 0.29) is 5.56 Å². The van der Waals surface area contributed by atoms with Crippen molar-refractivity contribution in [3.63, 3.8) is 0 Å². The molecule has 1 aromatic heterocycles. The summed E-state index contributed by atoms with van der Waals surface area (Å²) in [7, 11) is 0. The predicted molar refractivity (Wildman–Crippen MR) is 57.7 cm³/mol. The highest BCUT2D eigenvalue weighted by Gasteiger charge is 2.03. The normalized spacial score (nSPS) is 10.1. The quantitative estimate of drug-likeness (QED) is 0.772. The Kier molecular flexibility index (Phi) is 4.16. The van der Waals surface area contributed by atoms with Crippen LogP contribution in [0.1, 0.15) is 26.7 Å². The smallest absolute Gasteiger partial charge is 0.264 e. The van der Waals surface area contributed by atoms with Gasteiger partial charge in [-0.25, -0.2) is 5.10 Å². The van der Waals surface area contributed by atoms with Crippen molar-refractivity contribution < 1.29 is 0 Å². The van der Waals surface area contributed by atoms with Gasteiger partial charge in [-0.05, 0) is 19.4 Å². The fourth-order valence-electron chi connectivity index (χ4n) is 1.30. The second kappa shape index (κ2) is 5.42. The largest absolute Gasteiger partial charge is 0.355 e. The van der Waals surface area contributed by atoms with Crippen molar-refractivity contribution in [1.29, 1.82) is 0 Å². The van der Waals surface area contributed by atoms with Gasteiger partial charge in [-0.3, -0.25) is 4.79 Å². The lowest BCUT2D eigenvalue weighted by Crippen LogP contribution is -2.26. The third kappa shape index (κ3) is 2.87. The first-order valence-corrected chi connectivity index (χ1v) is 5.08. The van der Waals surface area contributed by atoms with Crippen LogP contribution in [-0.4, -0.2) is 23.3 Å². The van der Waals surface area contributed by atoms with E-state index in [1.807, 2.05) is 0 Å². The Morgan fingerprint density at radius 1 is 1.43 bits per heavy atom. The molecular formula is C10H17N3O. The van der Waals surface area contributed by atoms with E-state index in [2.05, 4.69) is 28.9 Å². The molecule has 0 aliphatic carbocycles. The molecule has 0 amide bonds. The first kappa shape index (κ1) is 10.8. The Bertz CT molecular complexity index is 301. The number of nitrogens with zero attached hydrogens (tertiary/aromatic N) is 2. The summed E-state index contributed by atoms with van der Waals surface area (Å²) < 4.78 is 0. The summed E-state index contributed by atoms with van der Waals surface area (Å²) in [6, 6.07) is 3.27. The van der Waals surface area contributed by atoms with E-state index in [0.717, 1.165) is 25.3 Å². The minimum Gasteiger partial charge on any atom is -0.355 e. The average molecular weight is 195 g/mol. The van der Waals surface area contributed by atoms with Gasteiger partial charge in [0.25, 0.3) is 5.56 Å². The molecule has 4 heteroatoms. The summed E-state index contributed by atoms with van der Waals surface area (Å²) in [5, 5.41) is 6.43. The molecule has 4 nitrogen and oxygen atoms in total. The van der Waals surface area contributed by atoms with Crippen LogP contribution in [0.15, 0.2) is 16.9 Å². The minimum atomic E-state index is -0.153. The van der Waals surface area contributed by atoms with E-state index >= 15 is 0 Å². The molecule has 0 atom stereocenters. The Morgan fingerprint density at radius 2 is 2.21 bits per heavy atom. The second-order valence-corrected chi connectivity index (χ2v) is 3.21. The standard InChI is InChI=1S/C10H17N3O/c1-3-5-8-13(4-2)9-6-7-10(14)12-11-9/h6-7H,3-5,8H2,1-2H3,(H,12,14). The third-order valence-corrected chi connectivity index (χ3v) is 2.15. The van der Waals surface area contributed by atoms with Gasteiger partial charge >= 0.3 is 0 Å². The molecule has 78 valence electrons. The molecule has 14 heavy (non-hydrogen) atoms. The van der Waals surface area contributed by atoms with Crippen LogP contribution in [0.5, 0.6) is 0 Å². The maximum absolute atomic E-state index is 10.8. The Morgan fingerprint density at radius 3 is 2.71 bits per heavy atom. The van der Waals surface area contributed by atoms with E-state index in [4.69, 9.17) is 0 Å². The van der Waals surface area contributed by atoms with Crippen molar-refractivity contribution in [2.24, 2.45) is 0 Å². The summed E-state index contributed by atoms with van der Waals surface area (Å²) in [4.78, 5) is 13.0. The summed E-state index contributed by atoms with van der Waals surface area (Å²) >= 11 is 0. The summed E-state index contributed by atoms with van der Waals surface area (Å²) in [5.41, 5.74) is -0.153. The van der Waals surface area contributed by atoms with Gasteiger partial charge in [0.05, 0.1) is 0 Å². The highest BCUT2D eigenvalue weighted by molar-refractivity contribution is 5.35. The van der Waals surface area contributed by atoms with E-state index in [1.54, 1.807) is 6.07 Å². The van der Waals surface area contributed by atoms with Crippen molar-refractivity contribution in [1.82, 2.24) is 10.2 Å². The molecule has 1 aromatic rings. The van der Waals surface area contributed by atoms with Crippen LogP contribution in [0.2, 0.25) is 0 Å². The van der Waals surface area contributed by atoms with Crippen molar-refractivity contribution in [3.05, 3.63) is 22.5 Å². The Labute approximate surface area is 84.0 Å². The summed E-state index contributed by atoms with van der Waals surface area (Å²) in [6.07, 6.45) is 2.31. The molecule has 0 spiro atoms. The number of hydrogen-bond acceptors (Lipinski definition) is 3. The molecule has 1 N–H and O–H groups in total. The minimum absolute atomic E-state index is 0.153. The van der Waals surface area contributed by atoms with E-state index in [9.17, 15) is 4.79 Å². The van der Waals surface area contributed by atoms with Gasteiger partial charge in [0, 0.05) is 19.2 Å². The highest BCUT2D eigenvalue weighted by Crippen LogP contribution is 2.07. The zero-order valence-electron chi connectivity index (χ0n) is 8.79. The third-order valence-electron chi connectivity index (χ3n) is 2.15. The zero-order chi connectivity index (χ0) is 10.4. The molecule has 0 radical (unpaired) electrons. The van der Waals surface area contributed by atoms with E-state index in [0.29, 0.717) is 0 Å². The predicted octanol–water partition coefficient (Wildman–Crippen LogP) is 1.40. The lowest BCUT2D eigenvalue weighted by Gasteiger charge is -2.20. The van der Waals surface area contributed by atoms with Crippen molar-refractivity contribution in [2.45, 2.75) is 26.7 Å². The van der Waals surface area contributed by atoms with Crippen molar-refractivity contribution in [2.75, 3.05) is 18.0 Å². The van der Waals surface area contributed by atoms with Crippen molar-refractivity contribution >= 4 is 5.82 Å². The second-order valence-electron chi connectivity index (χ2n) is 3.21. The topological polar surface area (TPSA) is 49.0 Å². The number of anilines is 1. The fourth-order valence-corrected chi connectivity index (χ4v) is 1.30. The van der Waals surface area contributed by atoms with Gasteiger partial charge in [-0.2, -0.15) is 5.10 Å². The van der Waals surface area contributed by atoms with Crippen LogP contribution >= 0.6 is 0 Å². The molecule has 0 unspecified atom stereocenters. The van der Waals surface area contributed by atoms with Gasteiger partial charge in [-0.15, -0.1) is 0 Å². The lowest BCUT2D eigenvalue weighted by molar-refractivity contribution is 0.716. The van der Waals surface area contributed by atoms with E-state index in [1.165, 1.54) is 12.5 Å². The number of unbranched alkanes of at least 4 members (excludes halogenated alkanes) is 1. The first-order valence-electron chi connectivity index (χ1n) is 5.08. The molecule has 0 bridgehead atoms. The molecule has 0 aromatic carbocycles. The highest BCUT2D eigenvalue weighted by atomic mass is 16.1. The Balaban J connectivity index is 2.68. The van der Waals surface area contributed by atoms with Crippen LogP contribution in [0.3, 0.4) is 0 Å². The van der Waals surface area contributed by atoms with Crippen LogP contribution < -0.4 is 10.5 Å². The molecule has 0 fully saturated rings. The van der Waals surface area contributed by atoms with Crippen LogP contribution in [-0.2, 0) is 0 Å². The van der Waals surface area contributed by atoms with Gasteiger partial charge in [0.2, 0.25) is 0 Å². The maximum Gasteiger partial charge on any atom is 0.264 e. The summed E-state index contributed by atoms with van der Waals surface area (Å²) in [6.45, 7) is 6.15. The van der Waals surface area contributed by atoms with Crippen LogP contribution in [0.25, 0.3) is 0 Å².